The Hall–Kier alpha value is -3.93. The van der Waals surface area contributed by atoms with Crippen LogP contribution in [-0.4, -0.2) is 37.2 Å². The predicted octanol–water partition coefficient (Wildman–Crippen LogP) is 24.2. The number of rotatable bonds is 63. The second kappa shape index (κ2) is 69.6. The quantitative estimate of drug-likeness (QED) is 0.0261. The highest BCUT2D eigenvalue weighted by atomic mass is 16.6. The van der Waals surface area contributed by atoms with Gasteiger partial charge in [-0.05, 0) is 109 Å². The Morgan fingerprint density at radius 3 is 0.768 bits per heavy atom. The second-order valence-electron chi connectivity index (χ2n) is 23.1. The van der Waals surface area contributed by atoms with E-state index >= 15 is 0 Å². The monoisotopic (exact) mass is 1140 g/mol. The van der Waals surface area contributed by atoms with E-state index in [0.717, 1.165) is 128 Å². The van der Waals surface area contributed by atoms with Gasteiger partial charge in [0.2, 0.25) is 0 Å². The van der Waals surface area contributed by atoms with Crippen LogP contribution in [0.5, 0.6) is 0 Å². The third-order valence-electron chi connectivity index (χ3n) is 15.0. The first kappa shape index (κ1) is 78.1. The highest BCUT2D eigenvalue weighted by molar-refractivity contribution is 5.71. The van der Waals surface area contributed by atoms with Gasteiger partial charge in [-0.15, -0.1) is 0 Å². The molecule has 0 spiro atoms. The molecule has 0 N–H and O–H groups in total. The summed E-state index contributed by atoms with van der Waals surface area (Å²) >= 11 is 0. The van der Waals surface area contributed by atoms with Crippen molar-refractivity contribution < 1.29 is 28.6 Å². The van der Waals surface area contributed by atoms with E-state index < -0.39 is 6.10 Å². The van der Waals surface area contributed by atoms with E-state index in [1.54, 1.807) is 0 Å². The van der Waals surface area contributed by atoms with E-state index in [-0.39, 0.29) is 31.1 Å². The molecule has 1 unspecified atom stereocenters. The van der Waals surface area contributed by atoms with Gasteiger partial charge in [0.1, 0.15) is 13.2 Å². The van der Waals surface area contributed by atoms with Crippen LogP contribution in [0.25, 0.3) is 0 Å². The van der Waals surface area contributed by atoms with Crippen molar-refractivity contribution >= 4 is 17.9 Å². The Morgan fingerprint density at radius 2 is 0.476 bits per heavy atom. The fourth-order valence-electron chi connectivity index (χ4n) is 9.81. The number of unbranched alkanes of at least 4 members (excludes halogenated alkanes) is 34. The fraction of sp³-hybridized carbons (Fsp3) is 0.724. The molecule has 0 aliphatic rings. The van der Waals surface area contributed by atoms with E-state index in [4.69, 9.17) is 14.2 Å². The van der Waals surface area contributed by atoms with Crippen LogP contribution in [0, 0.1) is 0 Å². The van der Waals surface area contributed by atoms with Crippen LogP contribution < -0.4 is 0 Å². The van der Waals surface area contributed by atoms with Gasteiger partial charge in [0.25, 0.3) is 0 Å². The number of hydrogen-bond donors (Lipinski definition) is 0. The third-order valence-corrected chi connectivity index (χ3v) is 15.0. The smallest absolute Gasteiger partial charge is 0.306 e. The summed E-state index contributed by atoms with van der Waals surface area (Å²) in [6.07, 6.45) is 95.3. The van der Waals surface area contributed by atoms with Crippen molar-refractivity contribution in [2.24, 2.45) is 0 Å². The van der Waals surface area contributed by atoms with Crippen molar-refractivity contribution in [3.8, 4) is 0 Å². The van der Waals surface area contributed by atoms with Crippen LogP contribution in [-0.2, 0) is 28.6 Å². The summed E-state index contributed by atoms with van der Waals surface area (Å²) in [5.41, 5.74) is 0. The van der Waals surface area contributed by atoms with Gasteiger partial charge in [-0.2, -0.15) is 0 Å². The van der Waals surface area contributed by atoms with Crippen molar-refractivity contribution in [3.05, 3.63) is 109 Å². The normalized spacial score (nSPS) is 12.8. The number of carbonyl (C=O) groups is 3. The molecule has 0 bridgehead atoms. The molecule has 0 aliphatic carbocycles. The van der Waals surface area contributed by atoms with Gasteiger partial charge in [-0.1, -0.05) is 316 Å². The molecule has 0 aromatic rings. The molecule has 0 saturated heterocycles. The average Bonchev–Trinajstić information content (AvgIpc) is 3.47. The summed E-state index contributed by atoms with van der Waals surface area (Å²) in [6, 6.07) is 0. The van der Waals surface area contributed by atoms with Crippen LogP contribution in [0.3, 0.4) is 0 Å². The maximum atomic E-state index is 12.9. The number of ether oxygens (including phenoxy) is 3. The number of allylic oxidation sites excluding steroid dienone is 18. The first-order valence-electron chi connectivity index (χ1n) is 34.9. The van der Waals surface area contributed by atoms with E-state index in [0.29, 0.717) is 19.3 Å². The minimum Gasteiger partial charge on any atom is -0.462 e. The molecule has 0 saturated carbocycles. The van der Waals surface area contributed by atoms with Gasteiger partial charge in [-0.25, -0.2) is 0 Å². The molecule has 82 heavy (non-hydrogen) atoms. The lowest BCUT2D eigenvalue weighted by atomic mass is 10.0. The topological polar surface area (TPSA) is 78.9 Å². The number of esters is 3. The van der Waals surface area contributed by atoms with Gasteiger partial charge in [-0.3, -0.25) is 14.4 Å². The molecule has 1 atom stereocenters. The molecule has 0 heterocycles. The van der Waals surface area contributed by atoms with Crippen molar-refractivity contribution in [2.75, 3.05) is 13.2 Å². The summed E-state index contributed by atoms with van der Waals surface area (Å²) in [5, 5.41) is 0. The molecule has 0 aromatic carbocycles. The van der Waals surface area contributed by atoms with Crippen LogP contribution in [0.2, 0.25) is 0 Å². The molecule has 0 aromatic heterocycles. The van der Waals surface area contributed by atoms with Gasteiger partial charge in [0.05, 0.1) is 0 Å². The van der Waals surface area contributed by atoms with Crippen molar-refractivity contribution in [2.45, 2.75) is 341 Å². The molecular formula is C76H130O6. The second-order valence-corrected chi connectivity index (χ2v) is 23.1. The van der Waals surface area contributed by atoms with Crippen molar-refractivity contribution in [1.82, 2.24) is 0 Å². The summed E-state index contributed by atoms with van der Waals surface area (Å²) < 4.78 is 17.0. The Kier molecular flexibility index (Phi) is 66.2. The minimum absolute atomic E-state index is 0.0834. The van der Waals surface area contributed by atoms with E-state index in [9.17, 15) is 14.4 Å². The lowest BCUT2D eigenvalue weighted by Crippen LogP contribution is -2.30. The van der Waals surface area contributed by atoms with Crippen LogP contribution >= 0.6 is 0 Å². The Labute approximate surface area is 508 Å². The van der Waals surface area contributed by atoms with Gasteiger partial charge < -0.3 is 14.2 Å². The largest absolute Gasteiger partial charge is 0.462 e. The summed E-state index contributed by atoms with van der Waals surface area (Å²) in [6.45, 7) is 6.52. The minimum atomic E-state index is -0.787. The first-order valence-corrected chi connectivity index (χ1v) is 34.9. The average molecular weight is 1140 g/mol. The maximum Gasteiger partial charge on any atom is 0.306 e. The Balaban J connectivity index is 4.31. The number of hydrogen-bond acceptors (Lipinski definition) is 6. The molecule has 6 nitrogen and oxygen atoms in total. The molecule has 0 fully saturated rings. The Bertz CT molecular complexity index is 1640. The predicted molar refractivity (Wildman–Crippen MR) is 357 cm³/mol. The molecular weight excluding hydrogens is 1010 g/mol. The molecule has 470 valence electrons. The summed E-state index contributed by atoms with van der Waals surface area (Å²) in [5.74, 6) is -0.888. The zero-order chi connectivity index (χ0) is 59.2. The van der Waals surface area contributed by atoms with Crippen molar-refractivity contribution in [3.63, 3.8) is 0 Å². The molecule has 0 aliphatic heterocycles. The van der Waals surface area contributed by atoms with Gasteiger partial charge >= 0.3 is 17.9 Å². The van der Waals surface area contributed by atoms with E-state index in [2.05, 4.69) is 130 Å². The maximum absolute atomic E-state index is 12.9. The highest BCUT2D eigenvalue weighted by Gasteiger charge is 2.19. The lowest BCUT2D eigenvalue weighted by molar-refractivity contribution is -0.167. The number of carbonyl (C=O) groups excluding carboxylic acids is 3. The van der Waals surface area contributed by atoms with Crippen LogP contribution in [0.4, 0.5) is 0 Å². The van der Waals surface area contributed by atoms with Crippen LogP contribution in [0.15, 0.2) is 109 Å². The molecule has 0 amide bonds. The molecule has 6 heteroatoms. The SMILES string of the molecule is CC/C=C\C/C=C\C/C=C\C/C=C\C/C=C\C/C=C\C/C=C\CCCCCCCCCCCC(=O)OCC(COC(=O)CCCCCCC/C=C\C/C=C\CCCCC)OC(=O)CCCCCCCCCCCCCCCCCCCC. The highest BCUT2D eigenvalue weighted by Crippen LogP contribution is 2.17. The summed E-state index contributed by atoms with van der Waals surface area (Å²) in [7, 11) is 0. The summed E-state index contributed by atoms with van der Waals surface area (Å²) in [4.78, 5) is 38.4. The molecule has 0 rings (SSSR count). The third kappa shape index (κ3) is 66.9. The van der Waals surface area contributed by atoms with E-state index in [1.807, 2.05) is 0 Å². The Morgan fingerprint density at radius 1 is 0.256 bits per heavy atom. The van der Waals surface area contributed by atoms with Gasteiger partial charge in [0.15, 0.2) is 6.10 Å². The standard InChI is InChI=1S/C76H130O6/c1-4-7-10-13-16-19-22-25-28-30-32-33-34-35-36-37-38-39-40-41-42-43-44-46-48-51-54-57-60-63-66-69-75(78)81-72-73(71-80-74(77)68-65-62-59-56-53-50-47-27-24-21-18-15-12-9-6-3)82-76(79)70-67-64-61-58-55-52-49-45-31-29-26-23-20-17-14-11-8-5-2/h7,10,16,18-19,21,25,27-28,32-33,35-36,38-39,41-42,47,73H,4-6,8-9,11-15,17,20,22-24,26,29-31,34,37,40,43-46,48-72H2,1-3H3/b10-7-,19-16-,21-18-,28-25-,33-32-,36-35-,39-38-,42-41-,47-27-. The zero-order valence-electron chi connectivity index (χ0n) is 54.0. The zero-order valence-corrected chi connectivity index (χ0v) is 54.0. The molecule has 0 radical (unpaired) electrons. The van der Waals surface area contributed by atoms with Crippen molar-refractivity contribution in [1.29, 1.82) is 0 Å². The van der Waals surface area contributed by atoms with Gasteiger partial charge in [0, 0.05) is 19.3 Å². The van der Waals surface area contributed by atoms with E-state index in [1.165, 1.54) is 167 Å². The fourth-order valence-corrected chi connectivity index (χ4v) is 9.81. The first-order chi connectivity index (χ1) is 40.5. The lowest BCUT2D eigenvalue weighted by Gasteiger charge is -2.18. The van der Waals surface area contributed by atoms with Crippen LogP contribution in [0.1, 0.15) is 335 Å².